The first-order valence-electron chi connectivity index (χ1n) is 12.2. The van der Waals surface area contributed by atoms with Crippen LogP contribution in [0.1, 0.15) is 53.4 Å². The minimum Gasteiger partial charge on any atom is -0.458 e. The smallest absolute Gasteiger partial charge is 0.458 e. The molecule has 7 nitrogen and oxygen atoms in total. The number of halogens is 4. The van der Waals surface area contributed by atoms with E-state index < -0.39 is 82.9 Å². The number of ketones is 2. The van der Waals surface area contributed by atoms with Gasteiger partial charge >= 0.3 is 18.1 Å². The molecule has 0 bridgehead atoms. The van der Waals surface area contributed by atoms with Crippen LogP contribution in [0.3, 0.4) is 0 Å². The maximum absolute atomic E-state index is 17.6. The van der Waals surface area contributed by atoms with Crippen LogP contribution in [-0.4, -0.2) is 58.8 Å². The lowest BCUT2D eigenvalue weighted by Gasteiger charge is -2.62. The van der Waals surface area contributed by atoms with Gasteiger partial charge in [-0.15, -0.1) is 0 Å². The molecule has 2 saturated carbocycles. The number of ether oxygens (including phenoxy) is 2. The second kappa shape index (κ2) is 8.47. The summed E-state index contributed by atoms with van der Waals surface area (Å²) in [7, 11) is 0. The zero-order valence-electron chi connectivity index (χ0n) is 21.0. The number of rotatable bonds is 4. The van der Waals surface area contributed by atoms with Gasteiger partial charge in [-0.1, -0.05) is 31.6 Å². The van der Waals surface area contributed by atoms with Gasteiger partial charge in [0.1, 0.15) is 11.7 Å². The van der Waals surface area contributed by atoms with E-state index in [9.17, 15) is 37.5 Å². The molecule has 0 aromatic heterocycles. The Morgan fingerprint density at radius 2 is 1.84 bits per heavy atom. The summed E-state index contributed by atoms with van der Waals surface area (Å²) in [5, 5.41) is 11.8. The van der Waals surface area contributed by atoms with Crippen molar-refractivity contribution in [3.8, 4) is 0 Å². The fourth-order valence-electron chi connectivity index (χ4n) is 7.61. The Morgan fingerprint density at radius 1 is 1.19 bits per heavy atom. The molecule has 11 heteroatoms. The maximum atomic E-state index is 17.6. The van der Waals surface area contributed by atoms with Gasteiger partial charge in [0.25, 0.3) is 0 Å². The Balaban J connectivity index is 1.86. The lowest BCUT2D eigenvalue weighted by atomic mass is 9.45. The van der Waals surface area contributed by atoms with Crippen molar-refractivity contribution in [2.75, 3.05) is 6.61 Å². The highest BCUT2D eigenvalue weighted by atomic mass is 19.4. The van der Waals surface area contributed by atoms with Gasteiger partial charge in [0.2, 0.25) is 5.78 Å². The molecule has 0 amide bonds. The molecule has 0 spiro atoms. The number of hydrogen-bond donors (Lipinski definition) is 1. The Kier molecular flexibility index (Phi) is 6.29. The lowest BCUT2D eigenvalue weighted by molar-refractivity contribution is -0.246. The number of carbonyl (C=O) groups is 4. The molecule has 0 radical (unpaired) electrons. The van der Waals surface area contributed by atoms with E-state index in [1.807, 2.05) is 0 Å². The number of esters is 2. The summed E-state index contributed by atoms with van der Waals surface area (Å²) in [5.74, 6) is -6.96. The van der Waals surface area contributed by atoms with E-state index in [-0.39, 0.29) is 25.0 Å². The van der Waals surface area contributed by atoms with Gasteiger partial charge in [-0.25, -0.2) is 9.18 Å². The molecule has 0 aromatic carbocycles. The Bertz CT molecular complexity index is 1110. The van der Waals surface area contributed by atoms with Crippen LogP contribution in [0.15, 0.2) is 23.8 Å². The second-order valence-electron chi connectivity index (χ2n) is 11.2. The predicted octanol–water partition coefficient (Wildman–Crippen LogP) is 3.58. The summed E-state index contributed by atoms with van der Waals surface area (Å²) in [6.45, 7) is 4.87. The first-order valence-corrected chi connectivity index (χ1v) is 12.2. The summed E-state index contributed by atoms with van der Waals surface area (Å²) in [4.78, 5) is 48.6. The van der Waals surface area contributed by atoms with Crippen LogP contribution in [0.2, 0.25) is 0 Å². The third-order valence-electron chi connectivity index (χ3n) is 9.47. The molecule has 8 atom stereocenters. The number of fused-ring (bicyclic) bond motifs is 5. The zero-order chi connectivity index (χ0) is 27.8. The third kappa shape index (κ3) is 3.71. The Hall–Kier alpha value is -2.56. The van der Waals surface area contributed by atoms with E-state index in [2.05, 4.69) is 0 Å². The fourth-order valence-corrected chi connectivity index (χ4v) is 7.61. The SMILES string of the molecule is CC(=O)OCC(=O)[C@@]1(O)[C@@H](C)CC2C3CC=C4CC(=O)C=C[C@]4(C)[C@@]3(F)[C@@H](OC(=O)C(F)(F)F)C[C@@]21C. The minimum atomic E-state index is -5.40. The molecule has 2 unspecified atom stereocenters. The van der Waals surface area contributed by atoms with Gasteiger partial charge < -0.3 is 14.6 Å². The molecule has 0 heterocycles. The summed E-state index contributed by atoms with van der Waals surface area (Å²) in [6, 6.07) is 0. The molecule has 4 aliphatic rings. The van der Waals surface area contributed by atoms with E-state index in [0.29, 0.717) is 5.57 Å². The quantitative estimate of drug-likeness (QED) is 0.336. The average Bonchev–Trinajstić information content (AvgIpc) is 2.99. The van der Waals surface area contributed by atoms with E-state index in [1.165, 1.54) is 26.0 Å². The van der Waals surface area contributed by atoms with Crippen molar-refractivity contribution in [2.24, 2.45) is 28.6 Å². The summed E-state index contributed by atoms with van der Waals surface area (Å²) in [6.07, 6.45) is -3.70. The van der Waals surface area contributed by atoms with Crippen molar-refractivity contribution >= 4 is 23.5 Å². The number of alkyl halides is 4. The molecule has 1 N–H and O–H groups in total. The highest BCUT2D eigenvalue weighted by molar-refractivity contribution is 5.94. The molecule has 0 aromatic rings. The number of allylic oxidation sites excluding steroid dienone is 4. The van der Waals surface area contributed by atoms with Gasteiger partial charge in [-0.05, 0) is 44.1 Å². The third-order valence-corrected chi connectivity index (χ3v) is 9.47. The van der Waals surface area contributed by atoms with Crippen LogP contribution in [-0.2, 0) is 28.7 Å². The summed E-state index contributed by atoms with van der Waals surface area (Å²) < 4.78 is 67.2. The van der Waals surface area contributed by atoms with Gasteiger partial charge in [0, 0.05) is 30.1 Å². The number of carbonyl (C=O) groups excluding carboxylic acids is 4. The van der Waals surface area contributed by atoms with E-state index in [4.69, 9.17) is 9.47 Å². The minimum absolute atomic E-state index is 0.0177. The highest BCUT2D eigenvalue weighted by Gasteiger charge is 2.76. The molecule has 37 heavy (non-hydrogen) atoms. The highest BCUT2D eigenvalue weighted by Crippen LogP contribution is 2.70. The molecule has 0 aliphatic heterocycles. The predicted molar refractivity (Wildman–Crippen MR) is 119 cm³/mol. The van der Waals surface area contributed by atoms with Crippen LogP contribution in [0.4, 0.5) is 17.6 Å². The van der Waals surface area contributed by atoms with Gasteiger partial charge in [0.05, 0.1) is 0 Å². The van der Waals surface area contributed by atoms with Crippen LogP contribution in [0.5, 0.6) is 0 Å². The van der Waals surface area contributed by atoms with Crippen molar-refractivity contribution < 1.29 is 51.3 Å². The van der Waals surface area contributed by atoms with Crippen LogP contribution in [0, 0.1) is 28.6 Å². The molecule has 204 valence electrons. The van der Waals surface area contributed by atoms with Gasteiger partial charge in [0.15, 0.2) is 18.1 Å². The summed E-state index contributed by atoms with van der Waals surface area (Å²) in [5.41, 5.74) is -7.39. The lowest BCUT2D eigenvalue weighted by Crippen LogP contribution is -2.70. The van der Waals surface area contributed by atoms with Crippen molar-refractivity contribution in [3.05, 3.63) is 23.8 Å². The molecule has 2 fully saturated rings. The second-order valence-corrected chi connectivity index (χ2v) is 11.2. The molecule has 0 saturated heterocycles. The van der Waals surface area contributed by atoms with E-state index in [1.54, 1.807) is 13.0 Å². The number of hydrogen-bond acceptors (Lipinski definition) is 7. The Labute approximate surface area is 211 Å². The van der Waals surface area contributed by atoms with E-state index >= 15 is 4.39 Å². The molecule has 4 aliphatic carbocycles. The zero-order valence-corrected chi connectivity index (χ0v) is 21.0. The maximum Gasteiger partial charge on any atom is 0.490 e. The van der Waals surface area contributed by atoms with Gasteiger partial charge in [-0.2, -0.15) is 13.2 Å². The largest absolute Gasteiger partial charge is 0.490 e. The monoisotopic (exact) mass is 530 g/mol. The molecular formula is C26H30F4O7. The first-order chi connectivity index (χ1) is 16.9. The normalized spacial score (nSPS) is 42.7. The van der Waals surface area contributed by atoms with Crippen LogP contribution >= 0.6 is 0 Å². The summed E-state index contributed by atoms with van der Waals surface area (Å²) >= 11 is 0. The van der Waals surface area contributed by atoms with Crippen LogP contribution < -0.4 is 0 Å². The van der Waals surface area contributed by atoms with Crippen LogP contribution in [0.25, 0.3) is 0 Å². The standard InChI is InChI=1S/C26H30F4O7/c1-13-9-18-17-6-5-15-10-16(32)7-8-22(15,3)24(17,27)20(37-21(34)26(28,29)30)11-23(18,4)25(13,35)19(33)12-36-14(2)31/h5,7-8,13,17-18,20,35H,6,9-12H2,1-4H3/t13-,17?,18?,20-,22-,23-,24-,25-/m0/s1. The van der Waals surface area contributed by atoms with Crippen molar-refractivity contribution in [1.29, 1.82) is 0 Å². The number of Topliss-reactive ketones (excluding diaryl/α,β-unsaturated/α-hetero) is 1. The number of aliphatic hydroxyl groups is 1. The Morgan fingerprint density at radius 3 is 2.43 bits per heavy atom. The van der Waals surface area contributed by atoms with Gasteiger partial charge in [-0.3, -0.25) is 14.4 Å². The van der Waals surface area contributed by atoms with E-state index in [0.717, 1.165) is 6.92 Å². The topological polar surface area (TPSA) is 107 Å². The van der Waals surface area contributed by atoms with Crippen molar-refractivity contribution in [1.82, 2.24) is 0 Å². The first kappa shape index (κ1) is 27.5. The molecular weight excluding hydrogens is 500 g/mol. The average molecular weight is 531 g/mol. The fraction of sp³-hybridized carbons (Fsp3) is 0.692. The molecule has 4 rings (SSSR count). The van der Waals surface area contributed by atoms with Crippen molar-refractivity contribution in [3.63, 3.8) is 0 Å². The van der Waals surface area contributed by atoms with Crippen molar-refractivity contribution in [2.45, 2.75) is 76.9 Å².